The van der Waals surface area contributed by atoms with Gasteiger partial charge in [0.1, 0.15) is 11.5 Å². The maximum Gasteiger partial charge on any atom is 0.118 e. The molecule has 1 aliphatic rings. The van der Waals surface area contributed by atoms with Gasteiger partial charge in [0.15, 0.2) is 0 Å². The van der Waals surface area contributed by atoms with Gasteiger partial charge in [-0.3, -0.25) is 0 Å². The van der Waals surface area contributed by atoms with Crippen molar-refractivity contribution in [2.45, 2.75) is 45.4 Å². The summed E-state index contributed by atoms with van der Waals surface area (Å²) in [5.41, 5.74) is 5.47. The van der Waals surface area contributed by atoms with E-state index in [0.717, 1.165) is 17.5 Å². The van der Waals surface area contributed by atoms with Crippen LogP contribution in [0.3, 0.4) is 0 Å². The number of phenolic OH excluding ortho intramolecular Hbond substituents is 2. The summed E-state index contributed by atoms with van der Waals surface area (Å²) in [4.78, 5) is 0. The van der Waals surface area contributed by atoms with Gasteiger partial charge in [-0.15, -0.1) is 0 Å². The van der Waals surface area contributed by atoms with Crippen LogP contribution in [0.2, 0.25) is 0 Å². The quantitative estimate of drug-likeness (QED) is 0.752. The molecule has 2 N–H and O–H groups in total. The molecule has 3 rings (SSSR count). The van der Waals surface area contributed by atoms with Crippen LogP contribution in [0.5, 0.6) is 11.5 Å². The molecule has 0 aromatic heterocycles. The van der Waals surface area contributed by atoms with Gasteiger partial charge in [-0.1, -0.05) is 49.3 Å². The average molecular weight is 308 g/mol. The first-order valence-electron chi connectivity index (χ1n) is 8.31. The first-order chi connectivity index (χ1) is 11.0. The molecule has 2 aromatic carbocycles. The average Bonchev–Trinajstić information content (AvgIpc) is 3.26. The SMILES string of the molecule is CCCCC1=CC1(c1ccc(O)c(C)c1)c1ccc(O)c(C)c1. The standard InChI is InChI=1S/C21H24O2/c1-4-5-6-18-13-21(18,16-7-9-19(22)14(2)11-16)17-8-10-20(23)15(3)12-17/h7-13,22-23H,4-6H2,1-3H3. The van der Waals surface area contributed by atoms with E-state index in [2.05, 4.69) is 25.1 Å². The van der Waals surface area contributed by atoms with Crippen molar-refractivity contribution < 1.29 is 10.2 Å². The van der Waals surface area contributed by atoms with Gasteiger partial charge in [0.05, 0.1) is 5.41 Å². The second-order valence-corrected chi connectivity index (χ2v) is 6.58. The highest BCUT2D eigenvalue weighted by Crippen LogP contribution is 2.55. The Hall–Kier alpha value is -2.22. The van der Waals surface area contributed by atoms with E-state index in [4.69, 9.17) is 0 Å². The van der Waals surface area contributed by atoms with E-state index in [0.29, 0.717) is 11.5 Å². The highest BCUT2D eigenvalue weighted by molar-refractivity contribution is 5.66. The van der Waals surface area contributed by atoms with E-state index < -0.39 is 0 Å². The molecule has 0 bridgehead atoms. The fourth-order valence-corrected chi connectivity index (χ4v) is 3.37. The molecule has 0 atom stereocenters. The zero-order valence-corrected chi connectivity index (χ0v) is 14.1. The summed E-state index contributed by atoms with van der Waals surface area (Å²) in [6.07, 6.45) is 5.79. The van der Waals surface area contributed by atoms with Gasteiger partial charge < -0.3 is 10.2 Å². The Morgan fingerprint density at radius 3 is 1.83 bits per heavy atom. The van der Waals surface area contributed by atoms with Gasteiger partial charge in [-0.2, -0.15) is 0 Å². The molecule has 0 spiro atoms. The van der Waals surface area contributed by atoms with E-state index in [1.54, 1.807) is 12.1 Å². The van der Waals surface area contributed by atoms with Crippen LogP contribution >= 0.6 is 0 Å². The Kier molecular flexibility index (Phi) is 3.93. The van der Waals surface area contributed by atoms with E-state index in [1.807, 2.05) is 26.0 Å². The Morgan fingerprint density at radius 2 is 1.39 bits per heavy atom. The molecule has 0 fully saturated rings. The number of aromatic hydroxyl groups is 2. The maximum absolute atomic E-state index is 9.84. The van der Waals surface area contributed by atoms with Crippen LogP contribution in [-0.4, -0.2) is 10.2 Å². The minimum atomic E-state index is -0.161. The maximum atomic E-state index is 9.84. The fraction of sp³-hybridized carbons (Fsp3) is 0.333. The van der Waals surface area contributed by atoms with Crippen molar-refractivity contribution >= 4 is 0 Å². The van der Waals surface area contributed by atoms with Crippen molar-refractivity contribution in [2.75, 3.05) is 0 Å². The molecule has 0 aliphatic heterocycles. The van der Waals surface area contributed by atoms with Crippen LogP contribution in [0.4, 0.5) is 0 Å². The van der Waals surface area contributed by atoms with Crippen molar-refractivity contribution in [3.05, 3.63) is 70.3 Å². The Bertz CT molecular complexity index is 720. The summed E-state index contributed by atoms with van der Waals surface area (Å²) in [6.45, 7) is 6.07. The number of hydrogen-bond donors (Lipinski definition) is 2. The number of unbranched alkanes of at least 4 members (excludes halogenated alkanes) is 1. The molecule has 2 heteroatoms. The van der Waals surface area contributed by atoms with Crippen LogP contribution in [-0.2, 0) is 5.41 Å². The molecule has 23 heavy (non-hydrogen) atoms. The zero-order valence-electron chi connectivity index (χ0n) is 14.1. The first kappa shape index (κ1) is 15.7. The van der Waals surface area contributed by atoms with Crippen molar-refractivity contribution in [1.29, 1.82) is 0 Å². The molecular weight excluding hydrogens is 284 g/mol. The van der Waals surface area contributed by atoms with Crippen molar-refractivity contribution in [3.63, 3.8) is 0 Å². The first-order valence-corrected chi connectivity index (χ1v) is 8.31. The van der Waals surface area contributed by atoms with Crippen LogP contribution in [0, 0.1) is 13.8 Å². The molecule has 0 saturated carbocycles. The third kappa shape index (κ3) is 2.63. The van der Waals surface area contributed by atoms with Crippen LogP contribution in [0.25, 0.3) is 0 Å². The lowest BCUT2D eigenvalue weighted by Crippen LogP contribution is -2.14. The Balaban J connectivity index is 2.05. The molecule has 0 radical (unpaired) electrons. The molecule has 1 aliphatic carbocycles. The molecule has 0 unspecified atom stereocenters. The molecule has 2 aromatic rings. The topological polar surface area (TPSA) is 40.5 Å². The number of allylic oxidation sites excluding steroid dienone is 2. The van der Waals surface area contributed by atoms with Crippen LogP contribution in [0.15, 0.2) is 48.0 Å². The van der Waals surface area contributed by atoms with Crippen LogP contribution < -0.4 is 0 Å². The molecule has 0 heterocycles. The predicted molar refractivity (Wildman–Crippen MR) is 94.1 cm³/mol. The third-order valence-corrected chi connectivity index (χ3v) is 4.92. The van der Waals surface area contributed by atoms with E-state index >= 15 is 0 Å². The second-order valence-electron chi connectivity index (χ2n) is 6.58. The third-order valence-electron chi connectivity index (χ3n) is 4.92. The molecule has 2 nitrogen and oxygen atoms in total. The van der Waals surface area contributed by atoms with Crippen molar-refractivity contribution in [1.82, 2.24) is 0 Å². The van der Waals surface area contributed by atoms with Gasteiger partial charge in [0, 0.05) is 0 Å². The summed E-state index contributed by atoms with van der Waals surface area (Å²) in [7, 11) is 0. The highest BCUT2D eigenvalue weighted by Gasteiger charge is 2.46. The highest BCUT2D eigenvalue weighted by atomic mass is 16.3. The lowest BCUT2D eigenvalue weighted by Gasteiger charge is -2.22. The summed E-state index contributed by atoms with van der Waals surface area (Å²) in [5.74, 6) is 0.670. The van der Waals surface area contributed by atoms with Gasteiger partial charge in [0.25, 0.3) is 0 Å². The largest absolute Gasteiger partial charge is 0.508 e. The zero-order chi connectivity index (χ0) is 16.6. The molecule has 0 amide bonds. The van der Waals surface area contributed by atoms with Crippen molar-refractivity contribution in [3.8, 4) is 11.5 Å². The van der Waals surface area contributed by atoms with Crippen molar-refractivity contribution in [2.24, 2.45) is 0 Å². The van der Waals surface area contributed by atoms with Gasteiger partial charge >= 0.3 is 0 Å². The summed E-state index contributed by atoms with van der Waals surface area (Å²) in [6, 6.07) is 11.7. The second kappa shape index (κ2) is 5.77. The summed E-state index contributed by atoms with van der Waals surface area (Å²) >= 11 is 0. The Morgan fingerprint density at radius 1 is 0.870 bits per heavy atom. The molecule has 120 valence electrons. The number of phenols is 2. The van der Waals surface area contributed by atoms with Gasteiger partial charge in [-0.25, -0.2) is 0 Å². The summed E-state index contributed by atoms with van der Waals surface area (Å²) < 4.78 is 0. The number of hydrogen-bond acceptors (Lipinski definition) is 2. The van der Waals surface area contributed by atoms with Gasteiger partial charge in [0.2, 0.25) is 0 Å². The van der Waals surface area contributed by atoms with E-state index in [-0.39, 0.29) is 5.41 Å². The normalized spacial score (nSPS) is 15.3. The number of rotatable bonds is 5. The Labute approximate surface area is 138 Å². The van der Waals surface area contributed by atoms with Gasteiger partial charge in [-0.05, 0) is 61.1 Å². The van der Waals surface area contributed by atoms with E-state index in [9.17, 15) is 10.2 Å². The monoisotopic (exact) mass is 308 g/mol. The molecular formula is C21H24O2. The smallest absolute Gasteiger partial charge is 0.118 e. The summed E-state index contributed by atoms with van der Waals surface area (Å²) in [5, 5.41) is 19.7. The lowest BCUT2D eigenvalue weighted by atomic mass is 9.81. The molecule has 0 saturated heterocycles. The predicted octanol–water partition coefficient (Wildman–Crippen LogP) is 5.13. The minimum Gasteiger partial charge on any atom is -0.508 e. The number of aryl methyl sites for hydroxylation is 2. The minimum absolute atomic E-state index is 0.161. The lowest BCUT2D eigenvalue weighted by molar-refractivity contribution is 0.470. The van der Waals surface area contributed by atoms with Crippen LogP contribution in [0.1, 0.15) is 48.4 Å². The fourth-order valence-electron chi connectivity index (χ4n) is 3.37. The number of benzene rings is 2. The van der Waals surface area contributed by atoms with E-state index in [1.165, 1.54) is 29.5 Å².